The molecule has 0 saturated carbocycles. The number of rotatable bonds is 7. The van der Waals surface area contributed by atoms with Crippen molar-refractivity contribution >= 4 is 22.7 Å². The summed E-state index contributed by atoms with van der Waals surface area (Å²) in [5.74, 6) is 0.245. The van der Waals surface area contributed by atoms with E-state index in [0.717, 1.165) is 38.1 Å². The summed E-state index contributed by atoms with van der Waals surface area (Å²) in [4.78, 5) is 34.2. The highest BCUT2D eigenvalue weighted by Crippen LogP contribution is 2.17. The standard InChI is InChI=1S/C22H31N5O3/c28-21(23-6-5-18-15-24-20-4-2-1-3-19(18)20)16-25-7-9-26(10-8-25)17-22(29)27-11-13-30-14-12-27/h1-4,15,24H,5-14,16-17H2,(H,23,28). The number of benzene rings is 1. The lowest BCUT2D eigenvalue weighted by Gasteiger charge is -2.35. The maximum absolute atomic E-state index is 12.4. The fraction of sp³-hybridized carbons (Fsp3) is 0.545. The molecule has 0 atom stereocenters. The average Bonchev–Trinajstić information content (AvgIpc) is 3.19. The van der Waals surface area contributed by atoms with E-state index < -0.39 is 0 Å². The van der Waals surface area contributed by atoms with Crippen LogP contribution in [0.5, 0.6) is 0 Å². The molecule has 2 aliphatic rings. The van der Waals surface area contributed by atoms with Crippen LogP contribution in [0.15, 0.2) is 30.5 Å². The van der Waals surface area contributed by atoms with Crippen molar-refractivity contribution in [3.05, 3.63) is 36.0 Å². The third-order valence-corrected chi connectivity index (χ3v) is 5.95. The third kappa shape index (κ3) is 5.38. The summed E-state index contributed by atoms with van der Waals surface area (Å²) in [5.41, 5.74) is 2.35. The molecule has 0 bridgehead atoms. The van der Waals surface area contributed by atoms with Crippen LogP contribution in [0.4, 0.5) is 0 Å². The third-order valence-electron chi connectivity index (χ3n) is 5.95. The average molecular weight is 414 g/mol. The van der Waals surface area contributed by atoms with Crippen molar-refractivity contribution in [2.24, 2.45) is 0 Å². The van der Waals surface area contributed by atoms with E-state index in [2.05, 4.69) is 32.2 Å². The van der Waals surface area contributed by atoms with Gasteiger partial charge in [0.2, 0.25) is 11.8 Å². The number of para-hydroxylation sites is 1. The summed E-state index contributed by atoms with van der Waals surface area (Å²) >= 11 is 0. The molecule has 8 heteroatoms. The number of carbonyl (C=O) groups is 2. The second-order valence-corrected chi connectivity index (χ2v) is 8.00. The molecule has 1 aromatic carbocycles. The lowest BCUT2D eigenvalue weighted by Crippen LogP contribution is -2.53. The number of morpholine rings is 1. The number of nitrogens with one attached hydrogen (secondary N) is 2. The van der Waals surface area contributed by atoms with Crippen molar-refractivity contribution < 1.29 is 14.3 Å². The van der Waals surface area contributed by atoms with Crippen molar-refractivity contribution in [3.63, 3.8) is 0 Å². The molecule has 2 aromatic rings. The van der Waals surface area contributed by atoms with Crippen LogP contribution >= 0.6 is 0 Å². The summed E-state index contributed by atoms with van der Waals surface area (Å²) < 4.78 is 5.31. The molecule has 30 heavy (non-hydrogen) atoms. The fourth-order valence-corrected chi connectivity index (χ4v) is 4.14. The van der Waals surface area contributed by atoms with Crippen molar-refractivity contribution in [1.82, 2.24) is 25.0 Å². The minimum Gasteiger partial charge on any atom is -0.378 e. The number of H-pyrrole nitrogens is 1. The van der Waals surface area contributed by atoms with Crippen LogP contribution in [-0.2, 0) is 20.7 Å². The molecule has 162 valence electrons. The van der Waals surface area contributed by atoms with Crippen LogP contribution in [0.3, 0.4) is 0 Å². The van der Waals surface area contributed by atoms with E-state index in [1.807, 2.05) is 23.2 Å². The first-order valence-electron chi connectivity index (χ1n) is 10.8. The minimum atomic E-state index is 0.0627. The molecule has 3 heterocycles. The highest BCUT2D eigenvalue weighted by atomic mass is 16.5. The highest BCUT2D eigenvalue weighted by molar-refractivity contribution is 5.83. The Hall–Kier alpha value is -2.42. The van der Waals surface area contributed by atoms with Crippen molar-refractivity contribution in [1.29, 1.82) is 0 Å². The second kappa shape index (κ2) is 10.1. The number of hydrogen-bond donors (Lipinski definition) is 2. The van der Waals surface area contributed by atoms with E-state index >= 15 is 0 Å². The molecule has 2 aliphatic heterocycles. The van der Waals surface area contributed by atoms with E-state index in [1.165, 1.54) is 10.9 Å². The van der Waals surface area contributed by atoms with E-state index in [9.17, 15) is 9.59 Å². The van der Waals surface area contributed by atoms with Crippen LogP contribution in [0.2, 0.25) is 0 Å². The van der Waals surface area contributed by atoms with Gasteiger partial charge in [0.05, 0.1) is 26.3 Å². The smallest absolute Gasteiger partial charge is 0.236 e. The van der Waals surface area contributed by atoms with Crippen molar-refractivity contribution in [2.75, 3.05) is 72.1 Å². The number of aromatic nitrogens is 1. The topological polar surface area (TPSA) is 80.9 Å². The highest BCUT2D eigenvalue weighted by Gasteiger charge is 2.23. The van der Waals surface area contributed by atoms with E-state index in [-0.39, 0.29) is 11.8 Å². The zero-order valence-electron chi connectivity index (χ0n) is 17.4. The van der Waals surface area contributed by atoms with Gasteiger partial charge in [0, 0.05) is 62.9 Å². The maximum atomic E-state index is 12.4. The van der Waals surface area contributed by atoms with Gasteiger partial charge in [-0.15, -0.1) is 0 Å². The molecule has 2 amide bonds. The van der Waals surface area contributed by atoms with Crippen LogP contribution in [-0.4, -0.2) is 104 Å². The number of aromatic amines is 1. The van der Waals surface area contributed by atoms with Crippen LogP contribution in [0.25, 0.3) is 10.9 Å². The lowest BCUT2D eigenvalue weighted by atomic mass is 10.1. The Morgan fingerprint density at radius 2 is 1.67 bits per heavy atom. The summed E-state index contributed by atoms with van der Waals surface area (Å²) in [6.07, 6.45) is 2.83. The van der Waals surface area contributed by atoms with Crippen LogP contribution in [0.1, 0.15) is 5.56 Å². The molecule has 4 rings (SSSR count). The zero-order chi connectivity index (χ0) is 20.8. The molecular weight excluding hydrogens is 382 g/mol. The molecule has 1 aromatic heterocycles. The molecule has 0 spiro atoms. The lowest BCUT2D eigenvalue weighted by molar-refractivity contribution is -0.137. The van der Waals surface area contributed by atoms with Gasteiger partial charge in [-0.05, 0) is 18.1 Å². The Kier molecular flexibility index (Phi) is 6.99. The SMILES string of the molecule is O=C(CN1CCN(CC(=O)N2CCOCC2)CC1)NCCc1c[nH]c2ccccc12. The Balaban J connectivity index is 1.13. The zero-order valence-corrected chi connectivity index (χ0v) is 17.4. The molecule has 8 nitrogen and oxygen atoms in total. The normalized spacial score (nSPS) is 18.6. The Morgan fingerprint density at radius 3 is 2.43 bits per heavy atom. The molecule has 0 aliphatic carbocycles. The van der Waals surface area contributed by atoms with E-state index in [4.69, 9.17) is 4.74 Å². The molecule has 2 N–H and O–H groups in total. The van der Waals surface area contributed by atoms with E-state index in [1.54, 1.807) is 0 Å². The molecule has 0 unspecified atom stereocenters. The Labute approximate surface area is 177 Å². The largest absolute Gasteiger partial charge is 0.378 e. The summed E-state index contributed by atoms with van der Waals surface area (Å²) in [5, 5.41) is 4.26. The van der Waals surface area contributed by atoms with Gasteiger partial charge in [-0.25, -0.2) is 0 Å². The summed E-state index contributed by atoms with van der Waals surface area (Å²) in [6, 6.07) is 8.22. The van der Waals surface area contributed by atoms with Gasteiger partial charge in [0.25, 0.3) is 0 Å². The number of piperazine rings is 1. The van der Waals surface area contributed by atoms with Gasteiger partial charge in [0.1, 0.15) is 0 Å². The molecular formula is C22H31N5O3. The van der Waals surface area contributed by atoms with E-state index in [0.29, 0.717) is 45.9 Å². The Morgan fingerprint density at radius 1 is 0.967 bits per heavy atom. The quantitative estimate of drug-likeness (QED) is 0.683. The number of nitrogens with zero attached hydrogens (tertiary/aromatic N) is 3. The first-order chi connectivity index (χ1) is 14.7. The summed E-state index contributed by atoms with van der Waals surface area (Å²) in [6.45, 7) is 7.42. The number of amides is 2. The number of fused-ring (bicyclic) bond motifs is 1. The predicted molar refractivity (Wildman–Crippen MR) is 115 cm³/mol. The fourth-order valence-electron chi connectivity index (χ4n) is 4.14. The number of ether oxygens (including phenoxy) is 1. The molecule has 2 fully saturated rings. The summed E-state index contributed by atoms with van der Waals surface area (Å²) in [7, 11) is 0. The first-order valence-corrected chi connectivity index (χ1v) is 10.8. The van der Waals surface area contributed by atoms with Crippen molar-refractivity contribution in [2.45, 2.75) is 6.42 Å². The van der Waals surface area contributed by atoms with Gasteiger partial charge in [-0.3, -0.25) is 19.4 Å². The van der Waals surface area contributed by atoms with Crippen LogP contribution < -0.4 is 5.32 Å². The Bertz CT molecular complexity index is 853. The van der Waals surface area contributed by atoms with Crippen LogP contribution in [0, 0.1) is 0 Å². The van der Waals surface area contributed by atoms with Crippen molar-refractivity contribution in [3.8, 4) is 0 Å². The van der Waals surface area contributed by atoms with Gasteiger partial charge in [0.15, 0.2) is 0 Å². The first kappa shape index (κ1) is 20.8. The minimum absolute atomic E-state index is 0.0627. The van der Waals surface area contributed by atoms with Gasteiger partial charge in [-0.1, -0.05) is 18.2 Å². The monoisotopic (exact) mass is 413 g/mol. The van der Waals surface area contributed by atoms with Gasteiger partial charge >= 0.3 is 0 Å². The number of carbonyl (C=O) groups excluding carboxylic acids is 2. The molecule has 0 radical (unpaired) electrons. The van der Waals surface area contributed by atoms with Gasteiger partial charge in [-0.2, -0.15) is 0 Å². The predicted octanol–water partition coefficient (Wildman–Crippen LogP) is 0.303. The van der Waals surface area contributed by atoms with Gasteiger partial charge < -0.3 is 19.9 Å². The molecule has 2 saturated heterocycles. The second-order valence-electron chi connectivity index (χ2n) is 8.00. The number of hydrogen-bond acceptors (Lipinski definition) is 5. The maximum Gasteiger partial charge on any atom is 0.236 e.